The van der Waals surface area contributed by atoms with Gasteiger partial charge in [0, 0.05) is 5.56 Å². The molecule has 1 heterocycles. The minimum absolute atomic E-state index is 0.0438. The summed E-state index contributed by atoms with van der Waals surface area (Å²) in [5, 5.41) is 3.20. The summed E-state index contributed by atoms with van der Waals surface area (Å²) < 4.78 is 28.9. The van der Waals surface area contributed by atoms with Crippen molar-refractivity contribution >= 4 is 29.0 Å². The summed E-state index contributed by atoms with van der Waals surface area (Å²) in [4.78, 5) is 29.6. The van der Waals surface area contributed by atoms with E-state index in [-0.39, 0.29) is 28.0 Å². The van der Waals surface area contributed by atoms with Crippen molar-refractivity contribution in [3.8, 4) is 5.75 Å². The summed E-state index contributed by atoms with van der Waals surface area (Å²) in [6.45, 7) is -1.12. The van der Waals surface area contributed by atoms with E-state index in [9.17, 15) is 18.4 Å². The van der Waals surface area contributed by atoms with Crippen molar-refractivity contribution in [2.24, 2.45) is 0 Å². The van der Waals surface area contributed by atoms with E-state index < -0.39 is 6.61 Å². The van der Waals surface area contributed by atoms with Crippen LogP contribution in [-0.4, -0.2) is 22.5 Å². The van der Waals surface area contributed by atoms with Crippen molar-refractivity contribution in [2.45, 2.75) is 19.6 Å². The van der Waals surface area contributed by atoms with Gasteiger partial charge in [0.25, 0.3) is 11.5 Å². The molecule has 0 aliphatic rings. The van der Waals surface area contributed by atoms with Crippen LogP contribution in [0.2, 0.25) is 0 Å². The third kappa shape index (κ3) is 4.37. The van der Waals surface area contributed by atoms with E-state index >= 15 is 0 Å². The van der Waals surface area contributed by atoms with Gasteiger partial charge in [-0.15, -0.1) is 0 Å². The average molecular weight is 391 g/mol. The summed E-state index contributed by atoms with van der Waals surface area (Å²) in [6.07, 6.45) is 0. The Bertz CT molecular complexity index is 1090. The second-order valence-electron chi connectivity index (χ2n) is 5.81. The van der Waals surface area contributed by atoms with Crippen molar-refractivity contribution in [3.63, 3.8) is 0 Å². The maximum atomic E-state index is 12.5. The summed E-state index contributed by atoms with van der Waals surface area (Å²) in [5.74, 6) is -0.306. The minimum atomic E-state index is -2.89. The number of fused-ring (bicyclic) bond motifs is 1. The molecule has 1 atom stereocenters. The van der Waals surface area contributed by atoms with Gasteiger partial charge in [-0.2, -0.15) is 8.78 Å². The van der Waals surface area contributed by atoms with Gasteiger partial charge in [0.1, 0.15) is 5.75 Å². The molecule has 0 saturated heterocycles. The fourth-order valence-electron chi connectivity index (χ4n) is 2.61. The van der Waals surface area contributed by atoms with Crippen LogP contribution in [0.5, 0.6) is 5.75 Å². The van der Waals surface area contributed by atoms with E-state index in [1.807, 2.05) is 0 Å². The number of aromatic amines is 2. The SMILES string of the molecule is C[C@H](NC(=O)c1ccc2c(=O)[nH]c(=S)[nH]c2c1)c1ccc(OC(F)F)cc1. The Morgan fingerprint density at radius 1 is 1.15 bits per heavy atom. The fraction of sp³-hybridized carbons (Fsp3) is 0.167. The minimum Gasteiger partial charge on any atom is -0.435 e. The van der Waals surface area contributed by atoms with Crippen LogP contribution in [0.15, 0.2) is 47.3 Å². The lowest BCUT2D eigenvalue weighted by molar-refractivity contribution is -0.0498. The fourth-order valence-corrected chi connectivity index (χ4v) is 2.81. The van der Waals surface area contributed by atoms with E-state index in [2.05, 4.69) is 20.0 Å². The first kappa shape index (κ1) is 18.7. The van der Waals surface area contributed by atoms with Crippen LogP contribution in [0, 0.1) is 4.77 Å². The van der Waals surface area contributed by atoms with Crippen LogP contribution in [-0.2, 0) is 0 Å². The Balaban J connectivity index is 1.77. The number of benzene rings is 2. The second kappa shape index (κ2) is 7.67. The first-order valence-electron chi connectivity index (χ1n) is 7.95. The zero-order valence-electron chi connectivity index (χ0n) is 14.1. The van der Waals surface area contributed by atoms with Crippen LogP contribution in [0.4, 0.5) is 8.78 Å². The molecular formula is C18H15F2N3O3S. The molecule has 0 aliphatic heterocycles. The smallest absolute Gasteiger partial charge is 0.387 e. The van der Waals surface area contributed by atoms with Crippen molar-refractivity contribution in [1.82, 2.24) is 15.3 Å². The highest BCUT2D eigenvalue weighted by Gasteiger charge is 2.13. The van der Waals surface area contributed by atoms with Crippen molar-refractivity contribution in [2.75, 3.05) is 0 Å². The lowest BCUT2D eigenvalue weighted by atomic mass is 10.1. The summed E-state index contributed by atoms with van der Waals surface area (Å²) in [5.41, 5.74) is 1.20. The lowest BCUT2D eigenvalue weighted by Gasteiger charge is -2.15. The number of aromatic nitrogens is 2. The molecular weight excluding hydrogens is 376 g/mol. The van der Waals surface area contributed by atoms with Gasteiger partial charge >= 0.3 is 6.61 Å². The molecule has 0 aliphatic carbocycles. The number of halogens is 2. The Morgan fingerprint density at radius 2 is 1.85 bits per heavy atom. The van der Waals surface area contributed by atoms with Gasteiger partial charge in [-0.05, 0) is 55.0 Å². The Labute approximate surface area is 157 Å². The highest BCUT2D eigenvalue weighted by Crippen LogP contribution is 2.20. The number of H-pyrrole nitrogens is 2. The maximum Gasteiger partial charge on any atom is 0.387 e. The predicted octanol–water partition coefficient (Wildman–Crippen LogP) is 3.68. The highest BCUT2D eigenvalue weighted by molar-refractivity contribution is 7.71. The Hall–Kier alpha value is -3.07. The molecule has 1 aromatic heterocycles. The Kier molecular flexibility index (Phi) is 5.31. The molecule has 3 aromatic rings. The Morgan fingerprint density at radius 3 is 2.52 bits per heavy atom. The molecule has 140 valence electrons. The summed E-state index contributed by atoms with van der Waals surface area (Å²) in [7, 11) is 0. The molecule has 9 heteroatoms. The number of carbonyl (C=O) groups excluding carboxylic acids is 1. The van der Waals surface area contributed by atoms with Crippen molar-refractivity contribution in [3.05, 3.63) is 68.7 Å². The number of amides is 1. The molecule has 3 N–H and O–H groups in total. The highest BCUT2D eigenvalue weighted by atomic mass is 32.1. The van der Waals surface area contributed by atoms with E-state index in [0.29, 0.717) is 16.5 Å². The lowest BCUT2D eigenvalue weighted by Crippen LogP contribution is -2.26. The number of hydrogen-bond donors (Lipinski definition) is 3. The maximum absolute atomic E-state index is 12.5. The zero-order chi connectivity index (χ0) is 19.6. The number of carbonyl (C=O) groups is 1. The molecule has 0 unspecified atom stereocenters. The molecule has 0 radical (unpaired) electrons. The van der Waals surface area contributed by atoms with Gasteiger partial charge in [-0.25, -0.2) is 0 Å². The van der Waals surface area contributed by atoms with Crippen LogP contribution in [0.1, 0.15) is 28.9 Å². The van der Waals surface area contributed by atoms with Gasteiger partial charge < -0.3 is 15.0 Å². The van der Waals surface area contributed by atoms with Gasteiger partial charge in [0.2, 0.25) is 0 Å². The summed E-state index contributed by atoms with van der Waals surface area (Å²) in [6, 6.07) is 10.3. The van der Waals surface area contributed by atoms with Gasteiger partial charge in [-0.3, -0.25) is 14.6 Å². The molecule has 3 rings (SSSR count). The largest absolute Gasteiger partial charge is 0.435 e. The number of nitrogens with one attached hydrogen (secondary N) is 3. The third-order valence-electron chi connectivity index (χ3n) is 3.95. The molecule has 0 fully saturated rings. The van der Waals surface area contributed by atoms with Crippen LogP contribution in [0.25, 0.3) is 10.9 Å². The average Bonchev–Trinajstić information content (AvgIpc) is 2.61. The monoisotopic (exact) mass is 391 g/mol. The molecule has 6 nitrogen and oxygen atoms in total. The summed E-state index contributed by atoms with van der Waals surface area (Å²) >= 11 is 4.94. The van der Waals surface area contributed by atoms with Crippen LogP contribution in [0.3, 0.4) is 0 Å². The first-order chi connectivity index (χ1) is 12.8. The van der Waals surface area contributed by atoms with E-state index in [4.69, 9.17) is 12.2 Å². The number of alkyl halides is 2. The topological polar surface area (TPSA) is 87.0 Å². The predicted molar refractivity (Wildman–Crippen MR) is 98.7 cm³/mol. The van der Waals surface area contributed by atoms with Crippen LogP contribution >= 0.6 is 12.2 Å². The molecule has 0 bridgehead atoms. The van der Waals surface area contributed by atoms with Crippen LogP contribution < -0.4 is 15.6 Å². The third-order valence-corrected chi connectivity index (χ3v) is 4.16. The standard InChI is InChI=1S/C18H15F2N3O3S/c1-9(10-2-5-12(6-3-10)26-17(19)20)21-15(24)11-4-7-13-14(8-11)22-18(27)23-16(13)25/h2-9,17H,1H3,(H,21,24)(H2,22,23,25,27)/t9-/m0/s1. The van der Waals surface area contributed by atoms with Gasteiger partial charge in [0.05, 0.1) is 16.9 Å². The van der Waals surface area contributed by atoms with E-state index in [1.165, 1.54) is 24.3 Å². The normalized spacial score (nSPS) is 12.1. The number of ether oxygens (including phenoxy) is 1. The molecule has 0 saturated carbocycles. The molecule has 0 spiro atoms. The second-order valence-corrected chi connectivity index (χ2v) is 6.22. The molecule has 1 amide bonds. The molecule has 27 heavy (non-hydrogen) atoms. The first-order valence-corrected chi connectivity index (χ1v) is 8.36. The van der Waals surface area contributed by atoms with E-state index in [0.717, 1.165) is 5.56 Å². The van der Waals surface area contributed by atoms with Gasteiger partial charge in [-0.1, -0.05) is 12.1 Å². The van der Waals surface area contributed by atoms with Crippen molar-refractivity contribution < 1.29 is 18.3 Å². The van der Waals surface area contributed by atoms with E-state index in [1.54, 1.807) is 25.1 Å². The number of rotatable bonds is 5. The zero-order valence-corrected chi connectivity index (χ0v) is 14.9. The number of hydrogen-bond acceptors (Lipinski definition) is 4. The van der Waals surface area contributed by atoms with Gasteiger partial charge in [0.15, 0.2) is 4.77 Å². The molecule has 2 aromatic carbocycles. The van der Waals surface area contributed by atoms with Crippen molar-refractivity contribution in [1.29, 1.82) is 0 Å². The quantitative estimate of drug-likeness (QED) is 0.579.